The summed E-state index contributed by atoms with van der Waals surface area (Å²) in [6, 6.07) is 3.17. The Balaban J connectivity index is 3.32. The number of anilines is 1. The van der Waals surface area contributed by atoms with Crippen molar-refractivity contribution in [2.45, 2.75) is 0 Å². The van der Waals surface area contributed by atoms with E-state index in [-0.39, 0.29) is 0 Å². The molecule has 0 bridgehead atoms. The van der Waals surface area contributed by atoms with Gasteiger partial charge in [-0.1, -0.05) is 28.4 Å². The van der Waals surface area contributed by atoms with Crippen LogP contribution in [0.1, 0.15) is 5.56 Å². The molecule has 0 radical (unpaired) electrons. The van der Waals surface area contributed by atoms with Gasteiger partial charge >= 0.3 is 0 Å². The molecule has 0 aliphatic carbocycles. The molecule has 64 valence electrons. The molecule has 0 heterocycles. The van der Waals surface area contributed by atoms with Crippen molar-refractivity contribution >= 4 is 35.1 Å². The Morgan fingerprint density at radius 2 is 2.08 bits per heavy atom. The first kappa shape index (κ1) is 9.16. The van der Waals surface area contributed by atoms with Crippen LogP contribution in [0.2, 0.25) is 10.0 Å². The summed E-state index contributed by atoms with van der Waals surface area (Å²) in [5.41, 5.74) is 6.30. The molecule has 0 fully saturated rings. The number of hydrogen-bond acceptors (Lipinski definition) is 3. The maximum Gasteiger partial charge on any atom is 0.0764 e. The molecule has 0 saturated carbocycles. The average molecular weight is 205 g/mol. The zero-order valence-corrected chi connectivity index (χ0v) is 7.47. The first-order chi connectivity index (χ1) is 5.66. The van der Waals surface area contributed by atoms with Crippen molar-refractivity contribution in [1.29, 1.82) is 0 Å². The molecule has 1 aromatic carbocycles. The average Bonchev–Trinajstić information content (AvgIpc) is 2.06. The van der Waals surface area contributed by atoms with E-state index in [0.717, 1.165) is 6.21 Å². The highest BCUT2D eigenvalue weighted by molar-refractivity contribution is 6.40. The van der Waals surface area contributed by atoms with Crippen molar-refractivity contribution in [3.63, 3.8) is 0 Å². The largest absolute Gasteiger partial charge is 0.411 e. The SMILES string of the molecule is Nc1ccc(Cl)c(/C=N/O)c1Cl. The van der Waals surface area contributed by atoms with Crippen molar-refractivity contribution in [3.8, 4) is 0 Å². The van der Waals surface area contributed by atoms with Gasteiger partial charge in [-0.2, -0.15) is 0 Å². The second-order valence-corrected chi connectivity index (χ2v) is 2.89. The molecule has 0 aromatic heterocycles. The zero-order valence-electron chi connectivity index (χ0n) is 5.96. The van der Waals surface area contributed by atoms with Gasteiger partial charge < -0.3 is 10.9 Å². The van der Waals surface area contributed by atoms with Crippen molar-refractivity contribution in [3.05, 3.63) is 27.7 Å². The van der Waals surface area contributed by atoms with E-state index in [1.807, 2.05) is 0 Å². The Morgan fingerprint density at radius 1 is 1.42 bits per heavy atom. The molecular formula is C7H6Cl2N2O. The first-order valence-corrected chi connectivity index (χ1v) is 3.83. The summed E-state index contributed by atoms with van der Waals surface area (Å²) in [4.78, 5) is 0. The number of nitrogens with zero attached hydrogens (tertiary/aromatic N) is 1. The molecule has 1 rings (SSSR count). The van der Waals surface area contributed by atoms with Crippen molar-refractivity contribution in [1.82, 2.24) is 0 Å². The van der Waals surface area contributed by atoms with Gasteiger partial charge in [-0.25, -0.2) is 0 Å². The van der Waals surface area contributed by atoms with Crippen LogP contribution < -0.4 is 5.73 Å². The third-order valence-electron chi connectivity index (χ3n) is 1.34. The highest BCUT2D eigenvalue weighted by atomic mass is 35.5. The van der Waals surface area contributed by atoms with Crippen molar-refractivity contribution in [2.75, 3.05) is 5.73 Å². The molecule has 3 nitrogen and oxygen atoms in total. The van der Waals surface area contributed by atoms with Crippen molar-refractivity contribution < 1.29 is 5.21 Å². The molecule has 0 spiro atoms. The quantitative estimate of drug-likeness (QED) is 0.320. The lowest BCUT2D eigenvalue weighted by Crippen LogP contribution is -1.92. The molecule has 0 aliphatic heterocycles. The van der Waals surface area contributed by atoms with Crippen LogP contribution in [-0.2, 0) is 0 Å². The lowest BCUT2D eigenvalue weighted by molar-refractivity contribution is 0.322. The van der Waals surface area contributed by atoms with Gasteiger partial charge in [0.1, 0.15) is 0 Å². The Hall–Kier alpha value is -0.930. The molecule has 0 saturated heterocycles. The summed E-state index contributed by atoms with van der Waals surface area (Å²) >= 11 is 11.5. The molecule has 0 atom stereocenters. The van der Waals surface area contributed by atoms with Crippen molar-refractivity contribution in [2.24, 2.45) is 5.16 Å². The number of nitrogen functional groups attached to an aromatic ring is 1. The number of oxime groups is 1. The summed E-state index contributed by atoms with van der Waals surface area (Å²) in [5.74, 6) is 0. The number of hydrogen-bond donors (Lipinski definition) is 2. The Morgan fingerprint density at radius 3 is 2.67 bits per heavy atom. The highest BCUT2D eigenvalue weighted by Crippen LogP contribution is 2.28. The molecule has 1 aromatic rings. The lowest BCUT2D eigenvalue weighted by atomic mass is 10.2. The van der Waals surface area contributed by atoms with E-state index in [4.69, 9.17) is 34.1 Å². The first-order valence-electron chi connectivity index (χ1n) is 3.07. The van der Waals surface area contributed by atoms with Gasteiger partial charge in [0, 0.05) is 5.56 Å². The van der Waals surface area contributed by atoms with E-state index in [0.29, 0.717) is 21.3 Å². The highest BCUT2D eigenvalue weighted by Gasteiger charge is 2.06. The predicted molar refractivity (Wildman–Crippen MR) is 50.3 cm³/mol. The van der Waals surface area contributed by atoms with Crippen LogP contribution in [0.4, 0.5) is 5.69 Å². The fraction of sp³-hybridized carbons (Fsp3) is 0. The molecule has 3 N–H and O–H groups in total. The van der Waals surface area contributed by atoms with E-state index < -0.39 is 0 Å². The van der Waals surface area contributed by atoms with Gasteiger partial charge in [-0.05, 0) is 12.1 Å². The number of nitrogens with two attached hydrogens (primary N) is 1. The Kier molecular flexibility index (Phi) is 2.78. The Bertz CT molecular complexity index is 325. The van der Waals surface area contributed by atoms with E-state index in [1.165, 1.54) is 0 Å². The van der Waals surface area contributed by atoms with Crippen LogP contribution in [0.3, 0.4) is 0 Å². The predicted octanol–water partition coefficient (Wildman–Crippen LogP) is 2.38. The molecule has 0 unspecified atom stereocenters. The van der Waals surface area contributed by atoms with E-state index in [1.54, 1.807) is 12.1 Å². The maximum absolute atomic E-state index is 8.27. The van der Waals surface area contributed by atoms with Crippen LogP contribution in [-0.4, -0.2) is 11.4 Å². The van der Waals surface area contributed by atoms with Crippen LogP contribution in [0, 0.1) is 0 Å². The van der Waals surface area contributed by atoms with Crippen LogP contribution >= 0.6 is 23.2 Å². The van der Waals surface area contributed by atoms with Gasteiger partial charge in [0.2, 0.25) is 0 Å². The minimum atomic E-state index is 0.292. The second-order valence-electron chi connectivity index (χ2n) is 2.11. The second kappa shape index (κ2) is 3.65. The third-order valence-corrected chi connectivity index (χ3v) is 2.09. The monoisotopic (exact) mass is 204 g/mol. The molecular weight excluding hydrogens is 199 g/mol. The van der Waals surface area contributed by atoms with Gasteiger partial charge in [-0.3, -0.25) is 0 Å². The van der Waals surface area contributed by atoms with E-state index in [9.17, 15) is 0 Å². The summed E-state index contributed by atoms with van der Waals surface area (Å²) in [6.07, 6.45) is 1.14. The molecule has 12 heavy (non-hydrogen) atoms. The summed E-state index contributed by atoms with van der Waals surface area (Å²) in [5, 5.41) is 11.8. The summed E-state index contributed by atoms with van der Waals surface area (Å²) in [6.45, 7) is 0. The van der Waals surface area contributed by atoms with Crippen LogP contribution in [0.25, 0.3) is 0 Å². The lowest BCUT2D eigenvalue weighted by Gasteiger charge is -2.02. The minimum absolute atomic E-state index is 0.292. The number of benzene rings is 1. The van der Waals surface area contributed by atoms with Gasteiger partial charge in [-0.15, -0.1) is 0 Å². The Labute approximate surface area is 79.4 Å². The molecule has 0 aliphatic rings. The fourth-order valence-electron chi connectivity index (χ4n) is 0.762. The van der Waals surface area contributed by atoms with Gasteiger partial charge in [0.15, 0.2) is 0 Å². The molecule has 5 heteroatoms. The number of halogens is 2. The normalized spacial score (nSPS) is 10.8. The van der Waals surface area contributed by atoms with E-state index in [2.05, 4.69) is 5.16 Å². The van der Waals surface area contributed by atoms with Gasteiger partial charge in [0.25, 0.3) is 0 Å². The van der Waals surface area contributed by atoms with Crippen LogP contribution in [0.15, 0.2) is 17.3 Å². The minimum Gasteiger partial charge on any atom is -0.411 e. The van der Waals surface area contributed by atoms with Crippen LogP contribution in [0.5, 0.6) is 0 Å². The third kappa shape index (κ3) is 1.62. The standard InChI is InChI=1S/C7H6Cl2N2O/c8-5-1-2-6(10)7(9)4(5)3-11-12/h1-3,12H,10H2/b11-3+. The molecule has 0 amide bonds. The summed E-state index contributed by atoms with van der Waals surface area (Å²) < 4.78 is 0. The number of rotatable bonds is 1. The van der Waals surface area contributed by atoms with E-state index >= 15 is 0 Å². The summed E-state index contributed by atoms with van der Waals surface area (Å²) in [7, 11) is 0. The fourth-order valence-corrected chi connectivity index (χ4v) is 1.23. The zero-order chi connectivity index (χ0) is 9.14. The van der Waals surface area contributed by atoms with Gasteiger partial charge in [0.05, 0.1) is 21.9 Å². The smallest absolute Gasteiger partial charge is 0.0764 e. The topological polar surface area (TPSA) is 58.6 Å². The maximum atomic E-state index is 8.27.